The molecule has 0 aliphatic rings. The van der Waals surface area contributed by atoms with E-state index in [2.05, 4.69) is 37.2 Å². The molecule has 74 valence electrons. The average Bonchev–Trinajstić information content (AvgIpc) is 2.49. The van der Waals surface area contributed by atoms with Crippen LogP contribution >= 0.6 is 0 Å². The first-order valence-electron chi connectivity index (χ1n) is 4.76. The quantitative estimate of drug-likeness (QED) is 0.694. The number of benzene rings is 1. The van der Waals surface area contributed by atoms with Crippen LogP contribution < -0.4 is 0 Å². The van der Waals surface area contributed by atoms with Gasteiger partial charge in [-0.3, -0.25) is 0 Å². The summed E-state index contributed by atoms with van der Waals surface area (Å²) < 4.78 is 4.72. The van der Waals surface area contributed by atoms with Gasteiger partial charge in [0.15, 0.2) is 0 Å². The molecule has 0 spiro atoms. The highest BCUT2D eigenvalue weighted by atomic mass is 16.6. The molecule has 3 nitrogen and oxygen atoms in total. The third-order valence-electron chi connectivity index (χ3n) is 2.09. The Bertz CT molecular complexity index is 440. The summed E-state index contributed by atoms with van der Waals surface area (Å²) in [6, 6.07) is 5.99. The Morgan fingerprint density at radius 1 is 1.21 bits per heavy atom. The molecule has 0 radical (unpaired) electrons. The molecule has 0 fully saturated rings. The molecule has 0 aliphatic carbocycles. The van der Waals surface area contributed by atoms with Gasteiger partial charge in [-0.25, -0.2) is 4.63 Å². The van der Waals surface area contributed by atoms with Crippen molar-refractivity contribution in [1.29, 1.82) is 0 Å². The fourth-order valence-electron chi connectivity index (χ4n) is 1.58. The first kappa shape index (κ1) is 9.19. The molecule has 0 atom stereocenters. The number of fused-ring (bicyclic) bond motifs is 1. The van der Waals surface area contributed by atoms with Crippen LogP contribution in [0.3, 0.4) is 0 Å². The van der Waals surface area contributed by atoms with Crippen molar-refractivity contribution in [1.82, 2.24) is 10.3 Å². The first-order valence-corrected chi connectivity index (χ1v) is 4.76. The fourth-order valence-corrected chi connectivity index (χ4v) is 1.58. The molecule has 14 heavy (non-hydrogen) atoms. The number of hydrogen-bond acceptors (Lipinski definition) is 3. The van der Waals surface area contributed by atoms with E-state index in [1.54, 1.807) is 0 Å². The SMILES string of the molecule is CC(C)(C)Cc1cccc2nonc12. The van der Waals surface area contributed by atoms with E-state index in [9.17, 15) is 0 Å². The van der Waals surface area contributed by atoms with Crippen LogP contribution in [0.15, 0.2) is 22.8 Å². The fraction of sp³-hybridized carbons (Fsp3) is 0.455. The van der Waals surface area contributed by atoms with Crippen LogP contribution in [0, 0.1) is 5.41 Å². The highest BCUT2D eigenvalue weighted by molar-refractivity contribution is 5.76. The maximum absolute atomic E-state index is 4.72. The molecule has 1 aromatic heterocycles. The van der Waals surface area contributed by atoms with Gasteiger partial charge in [-0.05, 0) is 33.8 Å². The third-order valence-corrected chi connectivity index (χ3v) is 2.09. The second-order valence-corrected chi connectivity index (χ2v) is 4.79. The average molecular weight is 190 g/mol. The van der Waals surface area contributed by atoms with E-state index in [0.29, 0.717) is 0 Å². The zero-order chi connectivity index (χ0) is 10.2. The van der Waals surface area contributed by atoms with E-state index < -0.39 is 0 Å². The zero-order valence-corrected chi connectivity index (χ0v) is 8.74. The maximum atomic E-state index is 4.72. The lowest BCUT2D eigenvalue weighted by atomic mass is 9.88. The van der Waals surface area contributed by atoms with Crippen LogP contribution in [-0.2, 0) is 6.42 Å². The molecule has 2 aromatic rings. The zero-order valence-electron chi connectivity index (χ0n) is 8.74. The minimum absolute atomic E-state index is 0.257. The molecule has 1 heterocycles. The molecule has 0 saturated carbocycles. The smallest absolute Gasteiger partial charge is 0.138 e. The van der Waals surface area contributed by atoms with Gasteiger partial charge < -0.3 is 0 Å². The summed E-state index contributed by atoms with van der Waals surface area (Å²) >= 11 is 0. The van der Waals surface area contributed by atoms with Crippen molar-refractivity contribution in [3.05, 3.63) is 23.8 Å². The second-order valence-electron chi connectivity index (χ2n) is 4.79. The second kappa shape index (κ2) is 3.08. The van der Waals surface area contributed by atoms with Crippen LogP contribution in [0.2, 0.25) is 0 Å². The lowest BCUT2D eigenvalue weighted by Gasteiger charge is -2.17. The summed E-state index contributed by atoms with van der Waals surface area (Å²) in [7, 11) is 0. The maximum Gasteiger partial charge on any atom is 0.138 e. The Kier molecular flexibility index (Phi) is 2.02. The van der Waals surface area contributed by atoms with Crippen LogP contribution in [0.4, 0.5) is 0 Å². The van der Waals surface area contributed by atoms with Gasteiger partial charge in [0.25, 0.3) is 0 Å². The summed E-state index contributed by atoms with van der Waals surface area (Å²) in [6.45, 7) is 6.62. The van der Waals surface area contributed by atoms with E-state index in [1.807, 2.05) is 12.1 Å². The Balaban J connectivity index is 2.46. The van der Waals surface area contributed by atoms with Gasteiger partial charge in [-0.15, -0.1) is 0 Å². The van der Waals surface area contributed by atoms with E-state index in [4.69, 9.17) is 4.63 Å². The van der Waals surface area contributed by atoms with Gasteiger partial charge in [0.2, 0.25) is 0 Å². The van der Waals surface area contributed by atoms with Gasteiger partial charge >= 0.3 is 0 Å². The highest BCUT2D eigenvalue weighted by Gasteiger charge is 2.15. The largest absolute Gasteiger partial charge is 0.243 e. The molecule has 1 aromatic carbocycles. The molecule has 0 unspecified atom stereocenters. The summed E-state index contributed by atoms with van der Waals surface area (Å²) in [5.41, 5.74) is 3.19. The molecule has 0 aliphatic heterocycles. The Morgan fingerprint density at radius 3 is 2.71 bits per heavy atom. The highest BCUT2D eigenvalue weighted by Crippen LogP contribution is 2.24. The Hall–Kier alpha value is -1.38. The summed E-state index contributed by atoms with van der Waals surface area (Å²) in [4.78, 5) is 0. The van der Waals surface area contributed by atoms with Crippen molar-refractivity contribution in [3.63, 3.8) is 0 Å². The minimum atomic E-state index is 0.257. The number of aromatic nitrogens is 2. The van der Waals surface area contributed by atoms with E-state index in [1.165, 1.54) is 5.56 Å². The number of hydrogen-bond donors (Lipinski definition) is 0. The van der Waals surface area contributed by atoms with Crippen molar-refractivity contribution in [3.8, 4) is 0 Å². The van der Waals surface area contributed by atoms with Gasteiger partial charge in [-0.1, -0.05) is 32.9 Å². The standard InChI is InChI=1S/C11H14N2O/c1-11(2,3)7-8-5-4-6-9-10(8)13-14-12-9/h4-6H,7H2,1-3H3. The van der Waals surface area contributed by atoms with Crippen molar-refractivity contribution < 1.29 is 4.63 Å². The van der Waals surface area contributed by atoms with E-state index in [0.717, 1.165) is 17.5 Å². The molecular formula is C11H14N2O. The number of rotatable bonds is 1. The molecule has 0 N–H and O–H groups in total. The van der Waals surface area contributed by atoms with Crippen molar-refractivity contribution >= 4 is 11.0 Å². The van der Waals surface area contributed by atoms with Crippen LogP contribution in [0.25, 0.3) is 11.0 Å². The first-order chi connectivity index (χ1) is 6.56. The Labute approximate surface area is 83.1 Å². The summed E-state index contributed by atoms with van der Waals surface area (Å²) in [6.07, 6.45) is 0.985. The van der Waals surface area contributed by atoms with Crippen LogP contribution in [0.5, 0.6) is 0 Å². The van der Waals surface area contributed by atoms with Gasteiger partial charge in [0.05, 0.1) is 0 Å². The van der Waals surface area contributed by atoms with Crippen LogP contribution in [0.1, 0.15) is 26.3 Å². The van der Waals surface area contributed by atoms with Crippen molar-refractivity contribution in [2.75, 3.05) is 0 Å². The topological polar surface area (TPSA) is 38.9 Å². The normalized spacial score (nSPS) is 12.2. The molecular weight excluding hydrogens is 176 g/mol. The molecule has 0 amide bonds. The number of nitrogens with zero attached hydrogens (tertiary/aromatic N) is 2. The minimum Gasteiger partial charge on any atom is -0.243 e. The van der Waals surface area contributed by atoms with Crippen molar-refractivity contribution in [2.45, 2.75) is 27.2 Å². The van der Waals surface area contributed by atoms with E-state index in [-0.39, 0.29) is 5.41 Å². The van der Waals surface area contributed by atoms with E-state index >= 15 is 0 Å². The third kappa shape index (κ3) is 1.76. The lowest BCUT2D eigenvalue weighted by Crippen LogP contribution is -2.09. The van der Waals surface area contributed by atoms with Crippen molar-refractivity contribution in [2.24, 2.45) is 5.41 Å². The monoisotopic (exact) mass is 190 g/mol. The molecule has 3 heteroatoms. The predicted molar refractivity (Wildman–Crippen MR) is 55.0 cm³/mol. The predicted octanol–water partition coefficient (Wildman–Crippen LogP) is 2.81. The van der Waals surface area contributed by atoms with Gasteiger partial charge in [0.1, 0.15) is 11.0 Å². The lowest BCUT2D eigenvalue weighted by molar-refractivity contribution is 0.315. The van der Waals surface area contributed by atoms with Crippen LogP contribution in [-0.4, -0.2) is 10.3 Å². The molecule has 0 bridgehead atoms. The Morgan fingerprint density at radius 2 is 2.00 bits per heavy atom. The van der Waals surface area contributed by atoms with Gasteiger partial charge in [-0.2, -0.15) is 0 Å². The summed E-state index contributed by atoms with van der Waals surface area (Å²) in [5.74, 6) is 0. The van der Waals surface area contributed by atoms with Gasteiger partial charge in [0, 0.05) is 0 Å². The summed E-state index contributed by atoms with van der Waals surface area (Å²) in [5, 5.41) is 7.74. The molecule has 2 rings (SSSR count). The molecule has 0 saturated heterocycles.